The maximum Gasteiger partial charge on any atom is 0.235 e. The number of aryl methyl sites for hydroxylation is 1. The zero-order valence-corrected chi connectivity index (χ0v) is 7.43. The Balaban J connectivity index is 2.89. The molecule has 0 atom stereocenters. The lowest BCUT2D eigenvalue weighted by Crippen LogP contribution is -1.82. The second-order valence-corrected chi connectivity index (χ2v) is 2.90. The topological polar surface area (TPSA) is 29.4 Å². The first-order valence-electron chi connectivity index (χ1n) is 3.52. The summed E-state index contributed by atoms with van der Waals surface area (Å²) < 4.78 is 0. The van der Waals surface area contributed by atoms with Crippen molar-refractivity contribution >= 4 is 17.7 Å². The Labute approximate surface area is 75.9 Å². The summed E-state index contributed by atoms with van der Waals surface area (Å²) in [5, 5.41) is 0.702. The molecule has 12 heavy (non-hydrogen) atoms. The van der Waals surface area contributed by atoms with Crippen LogP contribution in [0.5, 0.6) is 0 Å². The normalized spacial score (nSPS) is 9.17. The van der Waals surface area contributed by atoms with Gasteiger partial charge in [0.25, 0.3) is 0 Å². The Bertz CT molecular complexity index is 329. The SMILES string of the molecule is Cc1ccc(CN=C=O)cc1Cl. The molecule has 1 rings (SSSR count). The van der Waals surface area contributed by atoms with E-state index in [-0.39, 0.29) is 0 Å². The first-order chi connectivity index (χ1) is 5.74. The largest absolute Gasteiger partial charge is 0.235 e. The maximum atomic E-state index is 9.81. The van der Waals surface area contributed by atoms with Crippen LogP contribution in [0.3, 0.4) is 0 Å². The molecule has 0 spiro atoms. The zero-order chi connectivity index (χ0) is 8.97. The first-order valence-corrected chi connectivity index (χ1v) is 3.90. The van der Waals surface area contributed by atoms with Crippen molar-refractivity contribution < 1.29 is 4.79 Å². The van der Waals surface area contributed by atoms with Gasteiger partial charge in [-0.3, -0.25) is 0 Å². The highest BCUT2D eigenvalue weighted by Crippen LogP contribution is 2.16. The summed E-state index contributed by atoms with van der Waals surface area (Å²) in [5.74, 6) is 0. The van der Waals surface area contributed by atoms with Crippen LogP contribution in [-0.2, 0) is 11.3 Å². The van der Waals surface area contributed by atoms with Gasteiger partial charge in [-0.25, -0.2) is 9.79 Å². The fraction of sp³-hybridized carbons (Fsp3) is 0.222. The molecule has 0 aliphatic carbocycles. The van der Waals surface area contributed by atoms with Crippen LogP contribution in [0.15, 0.2) is 23.2 Å². The van der Waals surface area contributed by atoms with Crippen molar-refractivity contribution in [2.24, 2.45) is 4.99 Å². The molecule has 62 valence electrons. The van der Waals surface area contributed by atoms with E-state index in [0.717, 1.165) is 11.1 Å². The first kappa shape index (κ1) is 8.98. The number of hydrogen-bond acceptors (Lipinski definition) is 2. The van der Waals surface area contributed by atoms with E-state index in [2.05, 4.69) is 4.99 Å². The highest BCUT2D eigenvalue weighted by atomic mass is 35.5. The monoisotopic (exact) mass is 181 g/mol. The number of halogens is 1. The molecule has 0 bridgehead atoms. The molecule has 0 unspecified atom stereocenters. The Hall–Kier alpha value is -1.11. The molecule has 1 aromatic rings. The average Bonchev–Trinajstić information content (AvgIpc) is 2.07. The summed E-state index contributed by atoms with van der Waals surface area (Å²) in [6.07, 6.45) is 1.48. The molecule has 0 aliphatic heterocycles. The van der Waals surface area contributed by atoms with Crippen LogP contribution in [0, 0.1) is 6.92 Å². The van der Waals surface area contributed by atoms with E-state index < -0.39 is 0 Å². The van der Waals surface area contributed by atoms with Gasteiger partial charge in [0.15, 0.2) is 0 Å². The van der Waals surface area contributed by atoms with Gasteiger partial charge in [-0.2, -0.15) is 0 Å². The fourth-order valence-electron chi connectivity index (χ4n) is 0.858. The third-order valence-electron chi connectivity index (χ3n) is 1.56. The van der Waals surface area contributed by atoms with E-state index >= 15 is 0 Å². The Morgan fingerprint density at radius 3 is 2.92 bits per heavy atom. The summed E-state index contributed by atoms with van der Waals surface area (Å²) in [4.78, 5) is 13.3. The van der Waals surface area contributed by atoms with Gasteiger partial charge in [-0.15, -0.1) is 0 Å². The predicted molar refractivity (Wildman–Crippen MR) is 48.0 cm³/mol. The van der Waals surface area contributed by atoms with Crippen LogP contribution in [0.4, 0.5) is 0 Å². The van der Waals surface area contributed by atoms with Gasteiger partial charge >= 0.3 is 0 Å². The van der Waals surface area contributed by atoms with E-state index in [9.17, 15) is 4.79 Å². The van der Waals surface area contributed by atoms with Gasteiger partial charge in [0.1, 0.15) is 0 Å². The molecule has 1 aromatic carbocycles. The number of hydrogen-bond donors (Lipinski definition) is 0. The molecule has 0 saturated carbocycles. The molecule has 0 amide bonds. The second-order valence-electron chi connectivity index (χ2n) is 2.49. The number of carbonyl (C=O) groups excluding carboxylic acids is 1. The molecule has 0 N–H and O–H groups in total. The van der Waals surface area contributed by atoms with Gasteiger partial charge in [0, 0.05) is 5.02 Å². The number of rotatable bonds is 2. The minimum absolute atomic E-state index is 0.351. The second kappa shape index (κ2) is 4.05. The van der Waals surface area contributed by atoms with Crippen LogP contribution in [0.2, 0.25) is 5.02 Å². The third kappa shape index (κ3) is 2.19. The Kier molecular flexibility index (Phi) is 3.03. The molecule has 0 radical (unpaired) electrons. The van der Waals surface area contributed by atoms with Crippen LogP contribution in [0.1, 0.15) is 11.1 Å². The van der Waals surface area contributed by atoms with E-state index in [1.54, 1.807) is 6.07 Å². The molecule has 0 aliphatic rings. The van der Waals surface area contributed by atoms with E-state index in [1.807, 2.05) is 19.1 Å². The lowest BCUT2D eigenvalue weighted by molar-refractivity contribution is 0.563. The molecular formula is C9H8ClNO. The molecule has 0 aromatic heterocycles. The maximum absolute atomic E-state index is 9.81. The van der Waals surface area contributed by atoms with Crippen molar-refractivity contribution in [2.45, 2.75) is 13.5 Å². The van der Waals surface area contributed by atoms with E-state index in [4.69, 9.17) is 11.6 Å². The Morgan fingerprint density at radius 1 is 1.58 bits per heavy atom. The summed E-state index contributed by atoms with van der Waals surface area (Å²) in [6.45, 7) is 2.28. The number of benzene rings is 1. The lowest BCUT2D eigenvalue weighted by atomic mass is 10.1. The smallest absolute Gasteiger partial charge is 0.211 e. The highest BCUT2D eigenvalue weighted by molar-refractivity contribution is 6.31. The summed E-state index contributed by atoms with van der Waals surface area (Å²) in [6, 6.07) is 5.60. The van der Waals surface area contributed by atoms with Gasteiger partial charge in [0.2, 0.25) is 6.08 Å². The van der Waals surface area contributed by atoms with Crippen LogP contribution < -0.4 is 0 Å². The lowest BCUT2D eigenvalue weighted by Gasteiger charge is -1.99. The molecule has 3 heteroatoms. The molecular weight excluding hydrogens is 174 g/mol. The van der Waals surface area contributed by atoms with E-state index in [0.29, 0.717) is 11.6 Å². The molecule has 2 nitrogen and oxygen atoms in total. The average molecular weight is 182 g/mol. The minimum atomic E-state index is 0.351. The quantitative estimate of drug-likeness (QED) is 0.509. The van der Waals surface area contributed by atoms with Crippen molar-refractivity contribution in [3.63, 3.8) is 0 Å². The fourth-order valence-corrected chi connectivity index (χ4v) is 1.06. The van der Waals surface area contributed by atoms with E-state index in [1.165, 1.54) is 6.08 Å². The van der Waals surface area contributed by atoms with Gasteiger partial charge in [-0.05, 0) is 24.1 Å². The standard InChI is InChI=1S/C9H8ClNO/c1-7-2-3-8(4-9(7)10)5-11-6-12/h2-4H,5H2,1H3. The summed E-state index contributed by atoms with van der Waals surface area (Å²) in [5.41, 5.74) is 1.95. The van der Waals surface area contributed by atoms with Crippen molar-refractivity contribution in [3.8, 4) is 0 Å². The summed E-state index contributed by atoms with van der Waals surface area (Å²) >= 11 is 5.85. The predicted octanol–water partition coefficient (Wildman–Crippen LogP) is 2.48. The van der Waals surface area contributed by atoms with Crippen molar-refractivity contribution in [3.05, 3.63) is 34.3 Å². The molecule has 0 heterocycles. The Morgan fingerprint density at radius 2 is 2.33 bits per heavy atom. The third-order valence-corrected chi connectivity index (χ3v) is 1.97. The van der Waals surface area contributed by atoms with Crippen molar-refractivity contribution in [1.82, 2.24) is 0 Å². The van der Waals surface area contributed by atoms with Crippen molar-refractivity contribution in [1.29, 1.82) is 0 Å². The summed E-state index contributed by atoms with van der Waals surface area (Å²) in [7, 11) is 0. The van der Waals surface area contributed by atoms with Crippen LogP contribution >= 0.6 is 11.6 Å². The van der Waals surface area contributed by atoms with Gasteiger partial charge in [0.05, 0.1) is 6.54 Å². The number of isocyanates is 1. The minimum Gasteiger partial charge on any atom is -0.211 e. The van der Waals surface area contributed by atoms with Crippen molar-refractivity contribution in [2.75, 3.05) is 0 Å². The van der Waals surface area contributed by atoms with Crippen LogP contribution in [0.25, 0.3) is 0 Å². The molecule has 0 saturated heterocycles. The van der Waals surface area contributed by atoms with Gasteiger partial charge < -0.3 is 0 Å². The highest BCUT2D eigenvalue weighted by Gasteiger charge is 1.96. The molecule has 0 fully saturated rings. The zero-order valence-electron chi connectivity index (χ0n) is 6.67. The van der Waals surface area contributed by atoms with Gasteiger partial charge in [-0.1, -0.05) is 23.7 Å². The number of aliphatic imine (C=N–C) groups is 1. The van der Waals surface area contributed by atoms with Crippen LogP contribution in [-0.4, -0.2) is 6.08 Å². The number of nitrogens with zero attached hydrogens (tertiary/aromatic N) is 1.